The number of likely N-dealkylation sites (tertiary alicyclic amines) is 1. The maximum Gasteiger partial charge on any atom is 0.246 e. The lowest BCUT2D eigenvalue weighted by Crippen LogP contribution is -2.38. The molecule has 140 valence electrons. The second-order valence-corrected chi connectivity index (χ2v) is 8.15. The molecule has 1 aromatic heterocycles. The lowest BCUT2D eigenvalue weighted by Gasteiger charge is -2.19. The molecule has 2 atom stereocenters. The van der Waals surface area contributed by atoms with E-state index in [1.165, 1.54) is 11.3 Å². The third kappa shape index (κ3) is 3.61. The van der Waals surface area contributed by atoms with E-state index >= 15 is 0 Å². The zero-order valence-corrected chi connectivity index (χ0v) is 16.1. The molecular formula is C19H18ClN3O3S. The van der Waals surface area contributed by atoms with Crippen molar-refractivity contribution in [1.29, 1.82) is 0 Å². The van der Waals surface area contributed by atoms with Crippen LogP contribution in [0, 0.1) is 11.8 Å². The molecule has 0 radical (unpaired) electrons. The number of anilines is 1. The smallest absolute Gasteiger partial charge is 0.246 e. The van der Waals surface area contributed by atoms with Crippen LogP contribution in [0.4, 0.5) is 5.13 Å². The quantitative estimate of drug-likeness (QED) is 0.791. The van der Waals surface area contributed by atoms with Crippen LogP contribution in [-0.2, 0) is 14.4 Å². The van der Waals surface area contributed by atoms with Gasteiger partial charge in [0.05, 0.1) is 17.5 Å². The zero-order valence-electron chi connectivity index (χ0n) is 14.5. The molecule has 1 aromatic carbocycles. The molecule has 2 heterocycles. The van der Waals surface area contributed by atoms with Gasteiger partial charge in [0.15, 0.2) is 5.13 Å². The Morgan fingerprint density at radius 3 is 2.41 bits per heavy atom. The molecule has 2 aliphatic rings. The molecule has 2 fully saturated rings. The number of amides is 3. The summed E-state index contributed by atoms with van der Waals surface area (Å²) in [7, 11) is 0. The summed E-state index contributed by atoms with van der Waals surface area (Å²) in [6.07, 6.45) is 3.41. The summed E-state index contributed by atoms with van der Waals surface area (Å²) >= 11 is 7.18. The van der Waals surface area contributed by atoms with E-state index in [2.05, 4.69) is 10.3 Å². The molecule has 1 aliphatic heterocycles. The first-order valence-corrected chi connectivity index (χ1v) is 10.2. The predicted molar refractivity (Wildman–Crippen MR) is 103 cm³/mol. The summed E-state index contributed by atoms with van der Waals surface area (Å²) < 4.78 is 0. The number of carbonyl (C=O) groups is 3. The molecule has 1 saturated heterocycles. The Kier molecular flexibility index (Phi) is 4.97. The molecule has 27 heavy (non-hydrogen) atoms. The molecule has 1 aliphatic carbocycles. The number of nitrogens with one attached hydrogen (secondary N) is 1. The lowest BCUT2D eigenvalue weighted by molar-refractivity contribution is -0.142. The minimum Gasteiger partial charge on any atom is -0.300 e. The number of imide groups is 1. The fourth-order valence-electron chi connectivity index (χ4n) is 3.77. The van der Waals surface area contributed by atoms with Gasteiger partial charge in [0.2, 0.25) is 17.7 Å². The Morgan fingerprint density at radius 1 is 1.15 bits per heavy atom. The average molecular weight is 404 g/mol. The topological polar surface area (TPSA) is 79.4 Å². The third-order valence-electron chi connectivity index (χ3n) is 5.12. The number of fused-ring (bicyclic) bond motifs is 1. The second kappa shape index (κ2) is 7.40. The van der Waals surface area contributed by atoms with Crippen LogP contribution < -0.4 is 5.32 Å². The van der Waals surface area contributed by atoms with E-state index < -0.39 is 5.91 Å². The minimum atomic E-state index is -0.410. The minimum absolute atomic E-state index is 0.208. The van der Waals surface area contributed by atoms with E-state index in [4.69, 9.17) is 11.6 Å². The van der Waals surface area contributed by atoms with Crippen LogP contribution in [-0.4, -0.2) is 34.2 Å². The van der Waals surface area contributed by atoms with Crippen molar-refractivity contribution < 1.29 is 14.4 Å². The van der Waals surface area contributed by atoms with Crippen LogP contribution in [0.1, 0.15) is 25.7 Å². The van der Waals surface area contributed by atoms with Crippen molar-refractivity contribution in [2.75, 3.05) is 11.9 Å². The van der Waals surface area contributed by atoms with Crippen LogP contribution in [0.25, 0.3) is 11.3 Å². The van der Waals surface area contributed by atoms with E-state index in [-0.39, 0.29) is 30.2 Å². The van der Waals surface area contributed by atoms with E-state index in [0.717, 1.165) is 41.8 Å². The standard InChI is InChI=1S/C19H18ClN3O3S/c20-12-7-5-11(6-8-12)15-10-27-19(21-15)22-16(24)9-23-17(25)13-3-1-2-4-14(13)18(23)26/h5-8,10,13-14H,1-4,9H2,(H,21,22,24). The Balaban J connectivity index is 1.40. The van der Waals surface area contributed by atoms with Crippen LogP contribution in [0.3, 0.4) is 0 Å². The van der Waals surface area contributed by atoms with Crippen molar-refractivity contribution in [2.45, 2.75) is 25.7 Å². The highest BCUT2D eigenvalue weighted by molar-refractivity contribution is 7.14. The molecule has 6 nitrogen and oxygen atoms in total. The van der Waals surface area contributed by atoms with Gasteiger partial charge in [-0.3, -0.25) is 19.3 Å². The maximum absolute atomic E-state index is 12.5. The molecule has 2 unspecified atom stereocenters. The van der Waals surface area contributed by atoms with Crippen molar-refractivity contribution in [1.82, 2.24) is 9.88 Å². The van der Waals surface area contributed by atoms with Crippen LogP contribution in [0.5, 0.6) is 0 Å². The molecule has 2 aromatic rings. The summed E-state index contributed by atoms with van der Waals surface area (Å²) in [5.74, 6) is -1.31. The van der Waals surface area contributed by atoms with E-state index in [0.29, 0.717) is 10.2 Å². The summed E-state index contributed by atoms with van der Waals surface area (Å²) in [6, 6.07) is 7.26. The SMILES string of the molecule is O=C(CN1C(=O)C2CCCCC2C1=O)Nc1nc(-c2ccc(Cl)cc2)cs1. The van der Waals surface area contributed by atoms with E-state index in [9.17, 15) is 14.4 Å². The molecule has 3 amide bonds. The normalized spacial score (nSPS) is 22.0. The average Bonchev–Trinajstić information content (AvgIpc) is 3.22. The van der Waals surface area contributed by atoms with Gasteiger partial charge in [-0.1, -0.05) is 36.6 Å². The van der Waals surface area contributed by atoms with Gasteiger partial charge < -0.3 is 5.32 Å². The summed E-state index contributed by atoms with van der Waals surface area (Å²) in [4.78, 5) is 42.8. The predicted octanol–water partition coefficient (Wildman–Crippen LogP) is 3.58. The Hall–Kier alpha value is -2.25. The lowest BCUT2D eigenvalue weighted by atomic mass is 9.81. The fourth-order valence-corrected chi connectivity index (χ4v) is 4.64. The molecule has 8 heteroatoms. The number of hydrogen-bond acceptors (Lipinski definition) is 5. The zero-order chi connectivity index (χ0) is 19.0. The van der Waals surface area contributed by atoms with Crippen molar-refractivity contribution in [3.63, 3.8) is 0 Å². The summed E-state index contributed by atoms with van der Waals surface area (Å²) in [5.41, 5.74) is 1.62. The van der Waals surface area contributed by atoms with E-state index in [1.54, 1.807) is 12.1 Å². The van der Waals surface area contributed by atoms with Gasteiger partial charge in [0.1, 0.15) is 6.54 Å². The highest BCUT2D eigenvalue weighted by atomic mass is 35.5. The molecule has 0 spiro atoms. The van der Waals surface area contributed by atoms with Crippen molar-refractivity contribution in [2.24, 2.45) is 11.8 Å². The van der Waals surface area contributed by atoms with Gasteiger partial charge in [0, 0.05) is 16.0 Å². The fraction of sp³-hybridized carbons (Fsp3) is 0.368. The van der Waals surface area contributed by atoms with Crippen LogP contribution >= 0.6 is 22.9 Å². The number of rotatable bonds is 4. The Morgan fingerprint density at radius 2 is 1.78 bits per heavy atom. The van der Waals surface area contributed by atoms with Crippen molar-refractivity contribution in [3.8, 4) is 11.3 Å². The van der Waals surface area contributed by atoms with Gasteiger partial charge in [-0.15, -0.1) is 11.3 Å². The van der Waals surface area contributed by atoms with Gasteiger partial charge in [0.25, 0.3) is 0 Å². The number of hydrogen-bond donors (Lipinski definition) is 1. The number of carbonyl (C=O) groups excluding carboxylic acids is 3. The largest absolute Gasteiger partial charge is 0.300 e. The van der Waals surface area contributed by atoms with Gasteiger partial charge >= 0.3 is 0 Å². The molecule has 0 bridgehead atoms. The van der Waals surface area contributed by atoms with Crippen LogP contribution in [0.15, 0.2) is 29.6 Å². The number of halogens is 1. The molecule has 1 saturated carbocycles. The van der Waals surface area contributed by atoms with Crippen molar-refractivity contribution in [3.05, 3.63) is 34.7 Å². The van der Waals surface area contributed by atoms with Gasteiger partial charge in [-0.25, -0.2) is 4.98 Å². The van der Waals surface area contributed by atoms with Crippen LogP contribution in [0.2, 0.25) is 5.02 Å². The number of nitrogens with zero attached hydrogens (tertiary/aromatic N) is 2. The number of aromatic nitrogens is 1. The maximum atomic E-state index is 12.5. The number of thiazole rings is 1. The second-order valence-electron chi connectivity index (χ2n) is 6.85. The molecule has 1 N–H and O–H groups in total. The highest BCUT2D eigenvalue weighted by Crippen LogP contribution is 2.37. The Bertz CT molecular complexity index is 872. The van der Waals surface area contributed by atoms with Gasteiger partial charge in [-0.2, -0.15) is 0 Å². The number of benzene rings is 1. The highest BCUT2D eigenvalue weighted by Gasteiger charge is 2.48. The summed E-state index contributed by atoms with van der Waals surface area (Å²) in [5, 5.41) is 5.60. The van der Waals surface area contributed by atoms with E-state index in [1.807, 2.05) is 17.5 Å². The third-order valence-corrected chi connectivity index (χ3v) is 6.13. The van der Waals surface area contributed by atoms with Crippen molar-refractivity contribution >= 4 is 45.8 Å². The first kappa shape index (κ1) is 18.1. The van der Waals surface area contributed by atoms with Gasteiger partial charge in [-0.05, 0) is 25.0 Å². The first-order valence-electron chi connectivity index (χ1n) is 8.89. The molecule has 4 rings (SSSR count). The Labute approximate surface area is 165 Å². The monoisotopic (exact) mass is 403 g/mol. The molecular weight excluding hydrogens is 386 g/mol. The first-order chi connectivity index (χ1) is 13.0. The summed E-state index contributed by atoms with van der Waals surface area (Å²) in [6.45, 7) is -0.249.